The Morgan fingerprint density at radius 1 is 1.11 bits per heavy atom. The van der Waals surface area contributed by atoms with Crippen LogP contribution in [-0.2, 0) is 9.31 Å². The van der Waals surface area contributed by atoms with Gasteiger partial charge in [0, 0.05) is 11.7 Å². The van der Waals surface area contributed by atoms with Gasteiger partial charge in [0.15, 0.2) is 0 Å². The van der Waals surface area contributed by atoms with E-state index in [0.717, 1.165) is 16.5 Å². The van der Waals surface area contributed by atoms with E-state index in [1.165, 1.54) is 0 Å². The highest BCUT2D eigenvalue weighted by atomic mass is 16.7. The fourth-order valence-electron chi connectivity index (χ4n) is 2.07. The van der Waals surface area contributed by atoms with Gasteiger partial charge in [0.25, 0.3) is 5.71 Å². The van der Waals surface area contributed by atoms with Crippen LogP contribution in [0.3, 0.4) is 0 Å². The summed E-state index contributed by atoms with van der Waals surface area (Å²) in [6.07, 6.45) is 1.72. The smallest absolute Gasteiger partial charge is 0.399 e. The zero-order valence-electron chi connectivity index (χ0n) is 11.9. The van der Waals surface area contributed by atoms with Gasteiger partial charge < -0.3 is 13.8 Å². The SMILES string of the molecule is Cc1noc2ncc(B3OC(C)(C)C(C)(C)O3)cc12. The third-order valence-corrected chi connectivity index (χ3v) is 4.06. The number of hydrogen-bond donors (Lipinski definition) is 0. The molecular weight excluding hydrogens is 243 g/mol. The second-order valence-electron chi connectivity index (χ2n) is 5.98. The first-order valence-corrected chi connectivity index (χ1v) is 6.38. The lowest BCUT2D eigenvalue weighted by molar-refractivity contribution is 0.00578. The van der Waals surface area contributed by atoms with Crippen molar-refractivity contribution >= 4 is 23.7 Å². The second kappa shape index (κ2) is 3.80. The predicted octanol–water partition coefficient (Wildman–Crippen LogP) is 1.83. The maximum absolute atomic E-state index is 6.00. The number of aromatic nitrogens is 2. The lowest BCUT2D eigenvalue weighted by Crippen LogP contribution is -2.41. The summed E-state index contributed by atoms with van der Waals surface area (Å²) in [4.78, 5) is 4.25. The second-order valence-corrected chi connectivity index (χ2v) is 5.98. The fourth-order valence-corrected chi connectivity index (χ4v) is 2.07. The van der Waals surface area contributed by atoms with Crippen LogP contribution in [0.15, 0.2) is 16.8 Å². The highest BCUT2D eigenvalue weighted by Gasteiger charge is 2.51. The van der Waals surface area contributed by atoms with Crippen LogP contribution in [0.25, 0.3) is 11.1 Å². The Balaban J connectivity index is 2.00. The van der Waals surface area contributed by atoms with Crippen molar-refractivity contribution in [2.75, 3.05) is 0 Å². The number of nitrogens with zero attached hydrogens (tertiary/aromatic N) is 2. The average molecular weight is 260 g/mol. The van der Waals surface area contributed by atoms with Gasteiger partial charge in [-0.1, -0.05) is 5.16 Å². The molecule has 2 aromatic heterocycles. The van der Waals surface area contributed by atoms with E-state index in [1.54, 1.807) is 6.20 Å². The molecule has 0 spiro atoms. The molecule has 19 heavy (non-hydrogen) atoms. The summed E-state index contributed by atoms with van der Waals surface area (Å²) in [6, 6.07) is 1.97. The Morgan fingerprint density at radius 3 is 2.37 bits per heavy atom. The highest BCUT2D eigenvalue weighted by molar-refractivity contribution is 6.62. The van der Waals surface area contributed by atoms with E-state index in [9.17, 15) is 0 Å². The standard InChI is InChI=1S/C13H17BN2O3/c1-8-10-6-9(7-15-11(10)17-16-8)14-18-12(2,3)13(4,5)19-14/h6-7H,1-5H3. The summed E-state index contributed by atoms with van der Waals surface area (Å²) in [6.45, 7) is 10.0. The fraction of sp³-hybridized carbons (Fsp3) is 0.538. The molecule has 0 atom stereocenters. The van der Waals surface area contributed by atoms with E-state index in [1.807, 2.05) is 40.7 Å². The van der Waals surface area contributed by atoms with Crippen molar-refractivity contribution in [1.82, 2.24) is 10.1 Å². The van der Waals surface area contributed by atoms with Crippen LogP contribution in [0.1, 0.15) is 33.4 Å². The first-order valence-electron chi connectivity index (χ1n) is 6.38. The molecule has 0 amide bonds. The number of hydrogen-bond acceptors (Lipinski definition) is 5. The van der Waals surface area contributed by atoms with Gasteiger partial charge in [-0.3, -0.25) is 0 Å². The molecule has 2 aromatic rings. The van der Waals surface area contributed by atoms with Crippen LogP contribution in [-0.4, -0.2) is 28.5 Å². The predicted molar refractivity (Wildman–Crippen MR) is 72.3 cm³/mol. The van der Waals surface area contributed by atoms with Gasteiger partial charge in [0.05, 0.1) is 22.3 Å². The third kappa shape index (κ3) is 1.86. The normalized spacial score (nSPS) is 21.2. The van der Waals surface area contributed by atoms with Crippen molar-refractivity contribution in [2.45, 2.75) is 45.8 Å². The molecule has 5 nitrogen and oxygen atoms in total. The molecule has 1 aliphatic heterocycles. The number of aryl methyl sites for hydroxylation is 1. The van der Waals surface area contributed by atoms with E-state index in [-0.39, 0.29) is 11.2 Å². The molecule has 6 heteroatoms. The summed E-state index contributed by atoms with van der Waals surface area (Å²) in [7, 11) is -0.406. The molecular formula is C13H17BN2O3. The van der Waals surface area contributed by atoms with Gasteiger partial charge in [-0.25, -0.2) is 4.98 Å². The van der Waals surface area contributed by atoms with Gasteiger partial charge in [0.1, 0.15) is 0 Å². The van der Waals surface area contributed by atoms with E-state index in [4.69, 9.17) is 13.8 Å². The van der Waals surface area contributed by atoms with E-state index < -0.39 is 7.12 Å². The highest BCUT2D eigenvalue weighted by Crippen LogP contribution is 2.36. The minimum absolute atomic E-state index is 0.351. The topological polar surface area (TPSA) is 57.4 Å². The van der Waals surface area contributed by atoms with Crippen LogP contribution in [0, 0.1) is 6.92 Å². The molecule has 0 unspecified atom stereocenters. The van der Waals surface area contributed by atoms with Gasteiger partial charge in [-0.05, 0) is 40.7 Å². The average Bonchev–Trinajstić information content (AvgIpc) is 2.78. The first-order chi connectivity index (χ1) is 8.80. The van der Waals surface area contributed by atoms with Crippen LogP contribution in [0.2, 0.25) is 0 Å². The molecule has 3 heterocycles. The molecule has 1 aliphatic rings. The molecule has 0 radical (unpaired) electrons. The molecule has 1 fully saturated rings. The van der Waals surface area contributed by atoms with Crippen LogP contribution in [0.4, 0.5) is 0 Å². The van der Waals surface area contributed by atoms with E-state index >= 15 is 0 Å². The van der Waals surface area contributed by atoms with Crippen LogP contribution in [0.5, 0.6) is 0 Å². The molecule has 0 N–H and O–H groups in total. The minimum atomic E-state index is -0.406. The Hall–Kier alpha value is -1.40. The molecule has 100 valence electrons. The van der Waals surface area contributed by atoms with E-state index in [0.29, 0.717) is 5.71 Å². The lowest BCUT2D eigenvalue weighted by Gasteiger charge is -2.32. The molecule has 0 aromatic carbocycles. The molecule has 0 bridgehead atoms. The molecule has 0 aliphatic carbocycles. The van der Waals surface area contributed by atoms with Crippen molar-refractivity contribution in [3.63, 3.8) is 0 Å². The number of fused-ring (bicyclic) bond motifs is 1. The zero-order chi connectivity index (χ0) is 13.8. The molecule has 3 rings (SSSR count). The Bertz CT molecular complexity index is 620. The van der Waals surface area contributed by atoms with Crippen molar-refractivity contribution < 1.29 is 13.8 Å². The van der Waals surface area contributed by atoms with Crippen LogP contribution < -0.4 is 5.46 Å². The summed E-state index contributed by atoms with van der Waals surface area (Å²) >= 11 is 0. The molecule has 1 saturated heterocycles. The quantitative estimate of drug-likeness (QED) is 0.732. The largest absolute Gasteiger partial charge is 0.496 e. The third-order valence-electron chi connectivity index (χ3n) is 4.06. The van der Waals surface area contributed by atoms with Crippen molar-refractivity contribution in [1.29, 1.82) is 0 Å². The maximum Gasteiger partial charge on any atom is 0.496 e. The van der Waals surface area contributed by atoms with Gasteiger partial charge in [0.2, 0.25) is 0 Å². The Kier molecular flexibility index (Phi) is 2.53. The monoisotopic (exact) mass is 260 g/mol. The summed E-state index contributed by atoms with van der Waals surface area (Å²) in [5, 5.41) is 4.80. The van der Waals surface area contributed by atoms with E-state index in [2.05, 4.69) is 10.1 Å². The van der Waals surface area contributed by atoms with Gasteiger partial charge in [-0.15, -0.1) is 0 Å². The Labute approximate surface area is 112 Å². The van der Waals surface area contributed by atoms with Gasteiger partial charge in [-0.2, -0.15) is 0 Å². The van der Waals surface area contributed by atoms with Crippen molar-refractivity contribution in [3.8, 4) is 0 Å². The summed E-state index contributed by atoms with van der Waals surface area (Å²) in [5.74, 6) is 0. The first kappa shape index (κ1) is 12.6. The van der Waals surface area contributed by atoms with Crippen LogP contribution >= 0.6 is 0 Å². The molecule has 0 saturated carbocycles. The minimum Gasteiger partial charge on any atom is -0.399 e. The zero-order valence-corrected chi connectivity index (χ0v) is 11.9. The lowest BCUT2D eigenvalue weighted by atomic mass is 9.80. The van der Waals surface area contributed by atoms with Crippen molar-refractivity contribution in [2.24, 2.45) is 0 Å². The number of rotatable bonds is 1. The summed E-state index contributed by atoms with van der Waals surface area (Å²) in [5.41, 5.74) is 1.54. The number of pyridine rings is 1. The van der Waals surface area contributed by atoms with Gasteiger partial charge >= 0.3 is 7.12 Å². The maximum atomic E-state index is 6.00. The van der Waals surface area contributed by atoms with Crippen molar-refractivity contribution in [3.05, 3.63) is 18.0 Å². The Morgan fingerprint density at radius 2 is 1.74 bits per heavy atom. The summed E-state index contributed by atoms with van der Waals surface area (Å²) < 4.78 is 17.1.